The number of nitrogens with zero attached hydrogens (tertiary/aromatic N) is 4. The van der Waals surface area contributed by atoms with Crippen LogP contribution >= 0.6 is 0 Å². The first-order valence-corrected chi connectivity index (χ1v) is 21.1. The molecule has 0 atom stereocenters. The summed E-state index contributed by atoms with van der Waals surface area (Å²) >= 11 is 0. The van der Waals surface area contributed by atoms with Gasteiger partial charge in [-0.25, -0.2) is 16.8 Å². The Labute approximate surface area is 327 Å². The van der Waals surface area contributed by atoms with Crippen molar-refractivity contribution in [3.8, 4) is 0 Å². The zero-order chi connectivity index (χ0) is 40.8. The van der Waals surface area contributed by atoms with Gasteiger partial charge in [-0.15, -0.1) is 10.2 Å². The molecule has 0 bridgehead atoms. The zero-order valence-corrected chi connectivity index (χ0v) is 31.2. The van der Waals surface area contributed by atoms with Gasteiger partial charge in [-0.3, -0.25) is 9.11 Å². The van der Waals surface area contributed by atoms with Gasteiger partial charge in [0.2, 0.25) is 0 Å². The number of rotatable bonds is 10. The maximum atomic E-state index is 12.4. The number of anilines is 2. The molecule has 0 aromatic heterocycles. The van der Waals surface area contributed by atoms with Crippen LogP contribution in [0.5, 0.6) is 0 Å². The first-order valence-electron chi connectivity index (χ1n) is 15.4. The van der Waals surface area contributed by atoms with Crippen LogP contribution in [0.15, 0.2) is 137 Å². The molecule has 6 aromatic carbocycles. The summed E-state index contributed by atoms with van der Waals surface area (Å²) < 4.78 is 139. The molecule has 56 heavy (non-hydrogen) atoms. The summed E-state index contributed by atoms with van der Waals surface area (Å²) in [4.78, 5) is -2.45. The molecule has 0 saturated heterocycles. The summed E-state index contributed by atoms with van der Waals surface area (Å²) in [6.45, 7) is 0. The molecular formula is C34H36N6O12S4-2. The molecule has 6 aromatic rings. The Morgan fingerprint density at radius 1 is 0.482 bits per heavy atom. The Hall–Kier alpha value is -5.98. The van der Waals surface area contributed by atoms with E-state index in [4.69, 9.17) is 11.5 Å². The van der Waals surface area contributed by atoms with Gasteiger partial charge in [0, 0.05) is 41.5 Å². The lowest BCUT2D eigenvalue weighted by atomic mass is 10.1. The summed E-state index contributed by atoms with van der Waals surface area (Å²) in [5.74, 6) is 0. The van der Waals surface area contributed by atoms with E-state index < -0.39 is 60.1 Å². The van der Waals surface area contributed by atoms with Gasteiger partial charge in [0.15, 0.2) is 0 Å². The van der Waals surface area contributed by atoms with Crippen LogP contribution in [0.1, 0.15) is 19.7 Å². The van der Waals surface area contributed by atoms with Crippen LogP contribution in [-0.4, -0.2) is 51.9 Å². The molecule has 18 nitrogen and oxygen atoms in total. The van der Waals surface area contributed by atoms with Crippen LogP contribution in [-0.2, 0) is 40.5 Å². The Morgan fingerprint density at radius 3 is 1.38 bits per heavy atom. The zero-order valence-electron chi connectivity index (χ0n) is 27.9. The Balaban J connectivity index is 0.00000620. The van der Waals surface area contributed by atoms with E-state index in [0.29, 0.717) is 10.8 Å². The van der Waals surface area contributed by atoms with Crippen molar-refractivity contribution in [3.63, 3.8) is 0 Å². The van der Waals surface area contributed by atoms with E-state index in [-0.39, 0.29) is 64.6 Å². The summed E-state index contributed by atoms with van der Waals surface area (Å²) in [7, 11) is -19.5. The molecule has 300 valence electrons. The average Bonchev–Trinajstić information content (AvgIpc) is 3.12. The van der Waals surface area contributed by atoms with Crippen molar-refractivity contribution >= 4 is 108 Å². The topological polar surface area (TPSA) is 325 Å². The fraction of sp³-hybridized carbons (Fsp3) is 0. The minimum Gasteiger partial charge on any atom is -0.744 e. The molecule has 0 unspecified atom stereocenters. The van der Waals surface area contributed by atoms with Crippen molar-refractivity contribution in [2.75, 3.05) is 11.5 Å². The molecule has 0 spiro atoms. The van der Waals surface area contributed by atoms with Gasteiger partial charge in [-0.2, -0.15) is 27.1 Å². The Kier molecular flexibility index (Phi) is 10.3. The van der Waals surface area contributed by atoms with Gasteiger partial charge in [0.25, 0.3) is 20.2 Å². The molecule has 0 aliphatic rings. The lowest BCUT2D eigenvalue weighted by molar-refractivity contribution is 0.461. The van der Waals surface area contributed by atoms with Gasteiger partial charge in [0.1, 0.15) is 25.1 Å². The van der Waals surface area contributed by atoms with Crippen molar-refractivity contribution < 1.29 is 60.4 Å². The number of fused-ring (bicyclic) bond motifs is 2. The first kappa shape index (κ1) is 39.7. The second kappa shape index (κ2) is 14.6. The minimum atomic E-state index is -5.18. The largest absolute Gasteiger partial charge is 0.744 e. The monoisotopic (exact) mass is 848 g/mol. The predicted octanol–water partition coefficient (Wildman–Crippen LogP) is 7.94. The van der Waals surface area contributed by atoms with E-state index in [1.54, 1.807) is 0 Å². The molecule has 22 heteroatoms. The van der Waals surface area contributed by atoms with Crippen LogP contribution < -0.4 is 11.5 Å². The molecular weight excluding hydrogens is 813 g/mol. The Bertz CT molecular complexity index is 2990. The van der Waals surface area contributed by atoms with E-state index in [0.717, 1.165) is 48.6 Å². The fourth-order valence-corrected chi connectivity index (χ4v) is 7.85. The van der Waals surface area contributed by atoms with Crippen molar-refractivity contribution in [1.29, 1.82) is 0 Å². The highest BCUT2D eigenvalue weighted by molar-refractivity contribution is 7.86. The molecule has 0 fully saturated rings. The molecule has 0 heterocycles. The molecule has 0 amide bonds. The second-order valence-corrected chi connectivity index (χ2v) is 17.3. The SMILES string of the molecule is Nc1ccc(N=Nc2ccc(/C=C/c3ccc(N=Nc4ccc(N)c5ccc(S(=O)(=O)O)cc45)cc3S(=O)(=O)O)c(S(=O)(=O)[O-])c2)c2cc(S(=O)(=O)[O-])ccc12.[HH].[HH].[HH].[HH].[HH].[HH]. The molecule has 0 radical (unpaired) electrons. The normalized spacial score (nSPS) is 13.1. The smallest absolute Gasteiger partial charge is 0.295 e. The molecule has 0 aliphatic heterocycles. The molecule has 0 saturated carbocycles. The maximum Gasteiger partial charge on any atom is 0.295 e. The Morgan fingerprint density at radius 2 is 0.929 bits per heavy atom. The van der Waals surface area contributed by atoms with Crippen LogP contribution in [0.4, 0.5) is 34.1 Å². The van der Waals surface area contributed by atoms with Crippen molar-refractivity contribution in [2.24, 2.45) is 20.5 Å². The first-order chi connectivity index (χ1) is 26.1. The van der Waals surface area contributed by atoms with Gasteiger partial charge in [0.05, 0.1) is 37.4 Å². The number of nitrogen functional groups attached to an aromatic ring is 2. The predicted molar refractivity (Wildman–Crippen MR) is 215 cm³/mol. The lowest BCUT2D eigenvalue weighted by Crippen LogP contribution is -2.02. The van der Waals surface area contributed by atoms with Gasteiger partial charge >= 0.3 is 0 Å². The molecule has 6 rings (SSSR count). The average molecular weight is 849 g/mol. The van der Waals surface area contributed by atoms with Crippen LogP contribution in [0.3, 0.4) is 0 Å². The third-order valence-corrected chi connectivity index (χ3v) is 11.6. The van der Waals surface area contributed by atoms with Gasteiger partial charge < -0.3 is 20.6 Å². The van der Waals surface area contributed by atoms with E-state index in [1.807, 2.05) is 0 Å². The highest BCUT2D eigenvalue weighted by Crippen LogP contribution is 2.36. The van der Waals surface area contributed by atoms with Crippen LogP contribution in [0.2, 0.25) is 0 Å². The summed E-state index contributed by atoms with van der Waals surface area (Å²) in [5, 5.41) is 17.1. The number of benzene rings is 6. The fourth-order valence-electron chi connectivity index (χ4n) is 5.45. The third-order valence-electron chi connectivity index (χ3n) is 8.11. The van der Waals surface area contributed by atoms with Crippen molar-refractivity contribution in [3.05, 3.63) is 108 Å². The highest BCUT2D eigenvalue weighted by Gasteiger charge is 2.17. The second-order valence-electron chi connectivity index (χ2n) is 11.8. The van der Waals surface area contributed by atoms with Crippen LogP contribution in [0.25, 0.3) is 33.7 Å². The van der Waals surface area contributed by atoms with E-state index in [2.05, 4.69) is 20.5 Å². The van der Waals surface area contributed by atoms with Crippen molar-refractivity contribution in [2.45, 2.75) is 19.6 Å². The summed E-state index contributed by atoms with van der Waals surface area (Å²) in [5.41, 5.74) is 12.0. The number of hydrogen-bond donors (Lipinski definition) is 4. The van der Waals surface area contributed by atoms with Gasteiger partial charge in [-0.1, -0.05) is 36.4 Å². The standard InChI is InChI=1S/C34H26N6O12S4.6H2/c35-29-11-13-31(27-17-23(53(41,42)43)7-9-25(27)29)39-37-21-5-3-19(33(15-21)55(47,48)49)1-2-20-4-6-22(16-34(20)56(50,51)52)38-40-32-14-12-30(36)26-10-8-24(18-28(26)32)54(44,45)46;;;;;;/h1-18H,35-36H2,(H,41,42,43)(H,44,45,46)(H,47,48,49)(H,50,51,52);6*1H/p-2/b2-1+,39-37?,40-38?;;;;;;. The number of nitrogens with two attached hydrogens (primary N) is 2. The van der Waals surface area contributed by atoms with Crippen LogP contribution in [0, 0.1) is 0 Å². The highest BCUT2D eigenvalue weighted by atomic mass is 32.2. The van der Waals surface area contributed by atoms with E-state index in [1.165, 1.54) is 60.7 Å². The molecule has 0 aliphatic carbocycles. The quantitative estimate of drug-likeness (QED) is 0.0440. The number of hydrogen-bond acceptors (Lipinski definition) is 16. The summed E-state index contributed by atoms with van der Waals surface area (Å²) in [6.07, 6.45) is 2.21. The van der Waals surface area contributed by atoms with E-state index >= 15 is 0 Å². The minimum absolute atomic E-state index is 0. The lowest BCUT2D eigenvalue weighted by Gasteiger charge is -2.12. The van der Waals surface area contributed by atoms with E-state index in [9.17, 15) is 51.9 Å². The maximum absolute atomic E-state index is 12.4. The van der Waals surface area contributed by atoms with Crippen molar-refractivity contribution in [1.82, 2.24) is 0 Å². The van der Waals surface area contributed by atoms with Gasteiger partial charge in [-0.05, 0) is 83.9 Å². The molecule has 6 N–H and O–H groups in total. The number of azo groups is 2. The summed E-state index contributed by atoms with van der Waals surface area (Å²) in [6, 6.07) is 19.6. The third kappa shape index (κ3) is 8.61.